The van der Waals surface area contributed by atoms with Crippen molar-refractivity contribution in [3.63, 3.8) is 0 Å². The Morgan fingerprint density at radius 3 is 2.50 bits per heavy atom. The lowest BCUT2D eigenvalue weighted by molar-refractivity contribution is 0.414. The average Bonchev–Trinajstić information content (AvgIpc) is 2.32. The zero-order chi connectivity index (χ0) is 13.3. The van der Waals surface area contributed by atoms with Gasteiger partial charge in [-0.2, -0.15) is 5.26 Å². The second-order valence-corrected chi connectivity index (χ2v) is 4.71. The number of piperazine rings is 1. The Labute approximate surface area is 105 Å². The van der Waals surface area contributed by atoms with E-state index in [-0.39, 0.29) is 23.3 Å². The summed E-state index contributed by atoms with van der Waals surface area (Å²) in [7, 11) is 0. The summed E-state index contributed by atoms with van der Waals surface area (Å²) in [6.07, 6.45) is 0. The third-order valence-electron chi connectivity index (χ3n) is 3.20. The topological polar surface area (TPSA) is 39.1 Å². The van der Waals surface area contributed by atoms with E-state index >= 15 is 0 Å². The maximum absolute atomic E-state index is 13.9. The number of hydrogen-bond donors (Lipinski definition) is 1. The van der Waals surface area contributed by atoms with E-state index in [0.29, 0.717) is 13.1 Å². The summed E-state index contributed by atoms with van der Waals surface area (Å²) in [4.78, 5) is 1.72. The van der Waals surface area contributed by atoms with Gasteiger partial charge in [0.1, 0.15) is 5.69 Å². The molecule has 0 aromatic heterocycles. The van der Waals surface area contributed by atoms with Gasteiger partial charge in [0.15, 0.2) is 11.6 Å². The van der Waals surface area contributed by atoms with Crippen LogP contribution in [0.15, 0.2) is 12.1 Å². The Morgan fingerprint density at radius 1 is 1.33 bits per heavy atom. The minimum Gasteiger partial charge on any atom is -0.361 e. The largest absolute Gasteiger partial charge is 0.361 e. The van der Waals surface area contributed by atoms with Crippen LogP contribution in [0.4, 0.5) is 14.5 Å². The molecule has 0 radical (unpaired) electrons. The minimum atomic E-state index is -0.674. The average molecular weight is 251 g/mol. The molecule has 2 atom stereocenters. The van der Waals surface area contributed by atoms with Crippen molar-refractivity contribution in [1.82, 2.24) is 5.32 Å². The van der Waals surface area contributed by atoms with Gasteiger partial charge in [0, 0.05) is 25.2 Å². The zero-order valence-corrected chi connectivity index (χ0v) is 10.4. The first-order valence-electron chi connectivity index (χ1n) is 5.92. The number of benzene rings is 1. The van der Waals surface area contributed by atoms with Crippen LogP contribution >= 0.6 is 0 Å². The third kappa shape index (κ3) is 2.29. The third-order valence-corrected chi connectivity index (χ3v) is 3.20. The Bertz CT molecular complexity index is 472. The molecule has 2 rings (SSSR count). The summed E-state index contributed by atoms with van der Waals surface area (Å²) in [5.74, 6) is -1.35. The molecule has 3 nitrogen and oxygen atoms in total. The summed E-state index contributed by atoms with van der Waals surface area (Å²) in [6.45, 7) is 5.11. The van der Waals surface area contributed by atoms with E-state index in [0.717, 1.165) is 12.1 Å². The van der Waals surface area contributed by atoms with Crippen LogP contribution in [0.1, 0.15) is 19.4 Å². The molecule has 1 aliphatic rings. The molecule has 1 fully saturated rings. The molecule has 1 aliphatic heterocycles. The fraction of sp³-hybridized carbons (Fsp3) is 0.462. The van der Waals surface area contributed by atoms with Crippen LogP contribution in [0.5, 0.6) is 0 Å². The van der Waals surface area contributed by atoms with E-state index in [1.54, 1.807) is 11.0 Å². The van der Waals surface area contributed by atoms with Gasteiger partial charge >= 0.3 is 0 Å². The van der Waals surface area contributed by atoms with Crippen molar-refractivity contribution in [3.05, 3.63) is 29.3 Å². The molecular formula is C13H15F2N3. The molecule has 18 heavy (non-hydrogen) atoms. The van der Waals surface area contributed by atoms with Crippen molar-refractivity contribution >= 4 is 5.69 Å². The van der Waals surface area contributed by atoms with E-state index in [1.807, 2.05) is 13.8 Å². The van der Waals surface area contributed by atoms with Gasteiger partial charge in [0.05, 0.1) is 11.6 Å². The van der Waals surface area contributed by atoms with Crippen molar-refractivity contribution in [2.75, 3.05) is 18.0 Å². The summed E-state index contributed by atoms with van der Waals surface area (Å²) in [6, 6.07) is 4.10. The zero-order valence-electron chi connectivity index (χ0n) is 10.4. The maximum Gasteiger partial charge on any atom is 0.150 e. The molecule has 96 valence electrons. The lowest BCUT2D eigenvalue weighted by Gasteiger charge is -2.39. The molecular weight excluding hydrogens is 236 g/mol. The van der Waals surface area contributed by atoms with Crippen molar-refractivity contribution in [2.45, 2.75) is 25.9 Å². The first-order chi connectivity index (χ1) is 8.52. The van der Waals surface area contributed by atoms with Gasteiger partial charge in [-0.3, -0.25) is 0 Å². The molecule has 5 heteroatoms. The predicted molar refractivity (Wildman–Crippen MR) is 65.3 cm³/mol. The van der Waals surface area contributed by atoms with Gasteiger partial charge in [-0.15, -0.1) is 0 Å². The van der Waals surface area contributed by atoms with Crippen LogP contribution in [0.25, 0.3) is 0 Å². The van der Waals surface area contributed by atoms with Crippen molar-refractivity contribution in [1.29, 1.82) is 5.26 Å². The minimum absolute atomic E-state index is 0.00425. The Morgan fingerprint density at radius 2 is 1.94 bits per heavy atom. The molecule has 0 spiro atoms. The molecule has 1 aromatic carbocycles. The Kier molecular flexibility index (Phi) is 3.48. The number of hydrogen-bond acceptors (Lipinski definition) is 3. The van der Waals surface area contributed by atoms with E-state index in [1.165, 1.54) is 0 Å². The summed E-state index contributed by atoms with van der Waals surface area (Å²) < 4.78 is 27.9. The SMILES string of the molecule is CC1CN(c2c(F)cc(C#N)cc2F)C(C)CN1. The second kappa shape index (κ2) is 4.91. The summed E-state index contributed by atoms with van der Waals surface area (Å²) in [5, 5.41) is 11.9. The Hall–Kier alpha value is -1.67. The fourth-order valence-corrected chi connectivity index (χ4v) is 2.24. The molecule has 1 saturated heterocycles. The van der Waals surface area contributed by atoms with Crippen LogP contribution in [0, 0.1) is 23.0 Å². The van der Waals surface area contributed by atoms with Gasteiger partial charge in [0.25, 0.3) is 0 Å². The van der Waals surface area contributed by atoms with Crippen LogP contribution in [-0.4, -0.2) is 25.2 Å². The molecule has 0 bridgehead atoms. The molecule has 0 saturated carbocycles. The van der Waals surface area contributed by atoms with Gasteiger partial charge in [-0.25, -0.2) is 8.78 Å². The molecule has 2 unspecified atom stereocenters. The summed E-state index contributed by atoms with van der Waals surface area (Å²) in [5.41, 5.74) is -0.0283. The van der Waals surface area contributed by atoms with Crippen LogP contribution < -0.4 is 10.2 Å². The quantitative estimate of drug-likeness (QED) is 0.830. The van der Waals surface area contributed by atoms with Gasteiger partial charge in [-0.05, 0) is 26.0 Å². The van der Waals surface area contributed by atoms with Crippen molar-refractivity contribution < 1.29 is 8.78 Å². The number of halogens is 2. The highest BCUT2D eigenvalue weighted by molar-refractivity contribution is 5.54. The fourth-order valence-electron chi connectivity index (χ4n) is 2.24. The lowest BCUT2D eigenvalue weighted by atomic mass is 10.1. The van der Waals surface area contributed by atoms with Crippen molar-refractivity contribution in [2.24, 2.45) is 0 Å². The molecule has 0 amide bonds. The smallest absolute Gasteiger partial charge is 0.150 e. The number of nitrogens with one attached hydrogen (secondary N) is 1. The predicted octanol–water partition coefficient (Wildman–Crippen LogP) is 2.02. The number of rotatable bonds is 1. The normalized spacial score (nSPS) is 23.8. The lowest BCUT2D eigenvalue weighted by Crippen LogP contribution is -2.55. The van der Waals surface area contributed by atoms with Gasteiger partial charge in [0.2, 0.25) is 0 Å². The Balaban J connectivity index is 2.41. The maximum atomic E-state index is 13.9. The molecule has 0 aliphatic carbocycles. The van der Waals surface area contributed by atoms with Crippen LogP contribution in [0.2, 0.25) is 0 Å². The van der Waals surface area contributed by atoms with Gasteiger partial charge < -0.3 is 10.2 Å². The first-order valence-corrected chi connectivity index (χ1v) is 5.92. The van der Waals surface area contributed by atoms with E-state index in [4.69, 9.17) is 5.26 Å². The van der Waals surface area contributed by atoms with Crippen LogP contribution in [0.3, 0.4) is 0 Å². The molecule has 1 aromatic rings. The van der Waals surface area contributed by atoms with Crippen molar-refractivity contribution in [3.8, 4) is 6.07 Å². The van der Waals surface area contributed by atoms with Gasteiger partial charge in [-0.1, -0.05) is 0 Å². The first kappa shape index (κ1) is 12.8. The highest BCUT2D eigenvalue weighted by Crippen LogP contribution is 2.27. The molecule has 1 heterocycles. The highest BCUT2D eigenvalue weighted by atomic mass is 19.1. The van der Waals surface area contributed by atoms with Crippen LogP contribution in [-0.2, 0) is 0 Å². The highest BCUT2D eigenvalue weighted by Gasteiger charge is 2.27. The number of anilines is 1. The number of nitriles is 1. The second-order valence-electron chi connectivity index (χ2n) is 4.71. The standard InChI is InChI=1S/C13H15F2N3/c1-8-7-18(9(2)6-17-8)13-11(14)3-10(5-16)4-12(13)15/h3-4,8-9,17H,6-7H2,1-2H3. The van der Waals surface area contributed by atoms with E-state index in [9.17, 15) is 8.78 Å². The van der Waals surface area contributed by atoms with E-state index < -0.39 is 11.6 Å². The van der Waals surface area contributed by atoms with E-state index in [2.05, 4.69) is 5.32 Å². The monoisotopic (exact) mass is 251 g/mol. The molecule has 1 N–H and O–H groups in total. The number of nitrogens with zero attached hydrogens (tertiary/aromatic N) is 2. The summed E-state index contributed by atoms with van der Waals surface area (Å²) >= 11 is 0.